The fourth-order valence-corrected chi connectivity index (χ4v) is 2.62. The minimum atomic E-state index is -0.101. The molecule has 0 aliphatic carbocycles. The molecule has 0 unspecified atom stereocenters. The molecule has 0 saturated carbocycles. The third-order valence-corrected chi connectivity index (χ3v) is 3.61. The van der Waals surface area contributed by atoms with Gasteiger partial charge in [0.2, 0.25) is 0 Å². The molecule has 2 rings (SSSR count). The van der Waals surface area contributed by atoms with E-state index in [4.69, 9.17) is 27.9 Å². The van der Waals surface area contributed by atoms with Gasteiger partial charge in [0.15, 0.2) is 0 Å². The van der Waals surface area contributed by atoms with Crippen molar-refractivity contribution in [1.29, 1.82) is 0 Å². The zero-order valence-corrected chi connectivity index (χ0v) is 11.7. The number of ether oxygens (including phenoxy) is 1. The van der Waals surface area contributed by atoms with Crippen LogP contribution in [0.5, 0.6) is 0 Å². The molecule has 0 amide bonds. The Morgan fingerprint density at radius 1 is 1.41 bits per heavy atom. The molecule has 0 radical (unpaired) electrons. The van der Waals surface area contributed by atoms with Gasteiger partial charge in [0.1, 0.15) is 0 Å². The molecule has 17 heavy (non-hydrogen) atoms. The zero-order valence-electron chi connectivity index (χ0n) is 10.2. The number of hydrogen-bond donors (Lipinski definition) is 0. The molecule has 0 spiro atoms. The van der Waals surface area contributed by atoms with E-state index in [9.17, 15) is 0 Å². The van der Waals surface area contributed by atoms with Crippen LogP contribution in [0.25, 0.3) is 0 Å². The molecular weight excluding hydrogens is 257 g/mol. The summed E-state index contributed by atoms with van der Waals surface area (Å²) in [4.78, 5) is 2.30. The maximum atomic E-state index is 6.18. The Kier molecular flexibility index (Phi) is 3.86. The van der Waals surface area contributed by atoms with Gasteiger partial charge in [-0.3, -0.25) is 0 Å². The van der Waals surface area contributed by atoms with Crippen molar-refractivity contribution in [3.63, 3.8) is 0 Å². The zero-order chi connectivity index (χ0) is 12.5. The molecule has 0 bridgehead atoms. The number of hydrogen-bond acceptors (Lipinski definition) is 2. The van der Waals surface area contributed by atoms with Gasteiger partial charge in [0, 0.05) is 29.7 Å². The average Bonchev–Trinajstić information content (AvgIpc) is 2.27. The predicted molar refractivity (Wildman–Crippen MR) is 73.3 cm³/mol. The lowest BCUT2D eigenvalue weighted by molar-refractivity contribution is -0.0276. The number of benzene rings is 1. The number of halogens is 2. The molecule has 1 aliphatic rings. The van der Waals surface area contributed by atoms with Gasteiger partial charge in [-0.25, -0.2) is 0 Å². The molecule has 0 aromatic heterocycles. The Morgan fingerprint density at radius 3 is 2.76 bits per heavy atom. The average molecular weight is 274 g/mol. The van der Waals surface area contributed by atoms with Crippen LogP contribution in [0.4, 0.5) is 5.69 Å². The van der Waals surface area contributed by atoms with Gasteiger partial charge in [-0.05, 0) is 31.5 Å². The smallest absolute Gasteiger partial charge is 0.0801 e. The van der Waals surface area contributed by atoms with Crippen LogP contribution < -0.4 is 4.90 Å². The van der Waals surface area contributed by atoms with Gasteiger partial charge in [0.05, 0.1) is 12.2 Å². The first-order valence-corrected chi connectivity index (χ1v) is 6.66. The molecule has 4 heteroatoms. The molecule has 1 saturated heterocycles. The third kappa shape index (κ3) is 3.06. The summed E-state index contributed by atoms with van der Waals surface area (Å²) < 4.78 is 5.70. The summed E-state index contributed by atoms with van der Waals surface area (Å²) in [5, 5.41) is 0.738. The number of anilines is 1. The summed E-state index contributed by atoms with van der Waals surface area (Å²) in [6.07, 6.45) is 0. The van der Waals surface area contributed by atoms with Gasteiger partial charge in [0.25, 0.3) is 0 Å². The summed E-state index contributed by atoms with van der Waals surface area (Å²) in [5.74, 6) is 0.452. The van der Waals surface area contributed by atoms with Crippen LogP contribution in [0.1, 0.15) is 19.4 Å². The highest BCUT2D eigenvalue weighted by Gasteiger charge is 2.27. The highest BCUT2D eigenvalue weighted by Crippen LogP contribution is 2.28. The van der Waals surface area contributed by atoms with Crippen LogP contribution in [-0.2, 0) is 10.6 Å². The van der Waals surface area contributed by atoms with Gasteiger partial charge in [-0.1, -0.05) is 17.7 Å². The molecule has 1 aromatic carbocycles. The van der Waals surface area contributed by atoms with Crippen molar-refractivity contribution in [2.45, 2.75) is 25.3 Å². The van der Waals surface area contributed by atoms with E-state index in [1.165, 1.54) is 0 Å². The van der Waals surface area contributed by atoms with E-state index in [0.29, 0.717) is 5.88 Å². The molecule has 1 fully saturated rings. The molecular formula is C13H17Cl2NO. The number of morpholine rings is 1. The van der Waals surface area contributed by atoms with Crippen molar-refractivity contribution in [2.75, 3.05) is 24.6 Å². The van der Waals surface area contributed by atoms with Crippen LogP contribution in [0, 0.1) is 0 Å². The second-order valence-electron chi connectivity index (χ2n) is 4.94. The van der Waals surface area contributed by atoms with Crippen molar-refractivity contribution in [1.82, 2.24) is 0 Å². The summed E-state index contributed by atoms with van der Waals surface area (Å²) in [5.41, 5.74) is 2.01. The topological polar surface area (TPSA) is 12.5 Å². The molecule has 2 nitrogen and oxygen atoms in total. The SMILES string of the molecule is CC1(C)CN(c2ccc(CCl)c(Cl)c2)CCO1. The highest BCUT2D eigenvalue weighted by atomic mass is 35.5. The van der Waals surface area contributed by atoms with Crippen molar-refractivity contribution in [3.05, 3.63) is 28.8 Å². The van der Waals surface area contributed by atoms with Gasteiger partial charge in [-0.2, -0.15) is 0 Å². The first-order chi connectivity index (χ1) is 8.02. The first kappa shape index (κ1) is 13.0. The summed E-state index contributed by atoms with van der Waals surface area (Å²) in [6, 6.07) is 6.05. The van der Waals surface area contributed by atoms with Crippen LogP contribution in [-0.4, -0.2) is 25.3 Å². The Morgan fingerprint density at radius 2 is 2.18 bits per heavy atom. The largest absolute Gasteiger partial charge is 0.372 e. The second kappa shape index (κ2) is 5.05. The van der Waals surface area contributed by atoms with Crippen molar-refractivity contribution in [3.8, 4) is 0 Å². The van der Waals surface area contributed by atoms with Crippen molar-refractivity contribution in [2.24, 2.45) is 0 Å². The Balaban J connectivity index is 2.19. The van der Waals surface area contributed by atoms with E-state index in [0.717, 1.165) is 36.0 Å². The molecule has 94 valence electrons. The first-order valence-electron chi connectivity index (χ1n) is 5.75. The van der Waals surface area contributed by atoms with Crippen LogP contribution >= 0.6 is 23.2 Å². The lowest BCUT2D eigenvalue weighted by Crippen LogP contribution is -2.48. The lowest BCUT2D eigenvalue weighted by atomic mass is 10.1. The minimum Gasteiger partial charge on any atom is -0.372 e. The van der Waals surface area contributed by atoms with Crippen molar-refractivity contribution < 1.29 is 4.74 Å². The minimum absolute atomic E-state index is 0.101. The quantitative estimate of drug-likeness (QED) is 0.762. The highest BCUT2D eigenvalue weighted by molar-refractivity contribution is 6.32. The van der Waals surface area contributed by atoms with Gasteiger partial charge < -0.3 is 9.64 Å². The Hall–Kier alpha value is -0.440. The Bertz CT molecular complexity index is 406. The summed E-state index contributed by atoms with van der Waals surface area (Å²) in [7, 11) is 0. The molecule has 1 aliphatic heterocycles. The van der Waals surface area contributed by atoms with Crippen LogP contribution in [0.3, 0.4) is 0 Å². The monoisotopic (exact) mass is 273 g/mol. The molecule has 1 heterocycles. The number of alkyl halides is 1. The van der Waals surface area contributed by atoms with E-state index < -0.39 is 0 Å². The summed E-state index contributed by atoms with van der Waals surface area (Å²) >= 11 is 12.0. The maximum Gasteiger partial charge on any atom is 0.0801 e. The van der Waals surface area contributed by atoms with Gasteiger partial charge >= 0.3 is 0 Å². The summed E-state index contributed by atoms with van der Waals surface area (Å²) in [6.45, 7) is 6.74. The van der Waals surface area contributed by atoms with E-state index in [-0.39, 0.29) is 5.60 Å². The second-order valence-corrected chi connectivity index (χ2v) is 5.61. The van der Waals surface area contributed by atoms with Gasteiger partial charge in [-0.15, -0.1) is 11.6 Å². The number of rotatable bonds is 2. The third-order valence-electron chi connectivity index (χ3n) is 2.97. The maximum absolute atomic E-state index is 6.18. The normalized spacial score (nSPS) is 19.4. The van der Waals surface area contributed by atoms with E-state index in [1.807, 2.05) is 12.1 Å². The van der Waals surface area contributed by atoms with E-state index in [2.05, 4.69) is 24.8 Å². The fourth-order valence-electron chi connectivity index (χ4n) is 2.08. The molecule has 0 N–H and O–H groups in total. The molecule has 1 aromatic rings. The van der Waals surface area contributed by atoms with E-state index >= 15 is 0 Å². The molecule has 0 atom stereocenters. The standard InChI is InChI=1S/C13H17Cl2NO/c1-13(2)9-16(5-6-17-13)11-4-3-10(8-14)12(15)7-11/h3-4,7H,5-6,8-9H2,1-2H3. The van der Waals surface area contributed by atoms with E-state index in [1.54, 1.807) is 0 Å². The van der Waals surface area contributed by atoms with Crippen molar-refractivity contribution >= 4 is 28.9 Å². The Labute approximate surface area is 112 Å². The van der Waals surface area contributed by atoms with Crippen LogP contribution in [0.15, 0.2) is 18.2 Å². The number of nitrogens with zero attached hydrogens (tertiary/aromatic N) is 1. The predicted octanol–water partition coefficient (Wildman–Crippen LogP) is 3.69. The lowest BCUT2D eigenvalue weighted by Gasteiger charge is -2.39. The van der Waals surface area contributed by atoms with Crippen LogP contribution in [0.2, 0.25) is 5.02 Å². The fraction of sp³-hybridized carbons (Fsp3) is 0.538.